The molecular weight excluding hydrogens is 230 g/mol. The molecule has 1 fully saturated rings. The first-order valence-corrected chi connectivity index (χ1v) is 6.33. The topological polar surface area (TPSA) is 77.2 Å². The molecule has 2 rings (SSSR count). The van der Waals surface area contributed by atoms with E-state index >= 15 is 0 Å². The van der Waals surface area contributed by atoms with E-state index in [1.807, 2.05) is 0 Å². The minimum Gasteiger partial charge on any atom is -0.384 e. The van der Waals surface area contributed by atoms with Crippen LogP contribution < -0.4 is 11.1 Å². The highest BCUT2D eigenvalue weighted by Crippen LogP contribution is 2.17. The highest BCUT2D eigenvalue weighted by molar-refractivity contribution is 5.93. The van der Waals surface area contributed by atoms with E-state index in [-0.39, 0.29) is 5.91 Å². The Morgan fingerprint density at radius 3 is 3.11 bits per heavy atom. The first kappa shape index (κ1) is 12.8. The molecule has 1 saturated heterocycles. The number of carbonyl (C=O) groups excluding carboxylic acids is 1. The van der Waals surface area contributed by atoms with Crippen molar-refractivity contribution in [2.45, 2.75) is 19.3 Å². The van der Waals surface area contributed by atoms with Gasteiger partial charge in [0.15, 0.2) is 0 Å². The van der Waals surface area contributed by atoms with Gasteiger partial charge in [0.1, 0.15) is 5.82 Å². The van der Waals surface area contributed by atoms with Gasteiger partial charge in [-0.15, -0.1) is 0 Å². The fourth-order valence-electron chi connectivity index (χ4n) is 2.05. The van der Waals surface area contributed by atoms with Crippen molar-refractivity contribution in [1.29, 1.82) is 0 Å². The number of aromatic nitrogens is 1. The fraction of sp³-hybridized carbons (Fsp3) is 0.538. The number of rotatable bonds is 5. The lowest BCUT2D eigenvalue weighted by Crippen LogP contribution is -2.25. The van der Waals surface area contributed by atoms with E-state index in [0.717, 1.165) is 32.5 Å². The number of pyridine rings is 1. The predicted octanol–water partition coefficient (Wildman–Crippen LogP) is 1.21. The Hall–Kier alpha value is -1.62. The van der Waals surface area contributed by atoms with Crippen LogP contribution in [0.4, 0.5) is 5.82 Å². The zero-order valence-corrected chi connectivity index (χ0v) is 10.4. The minimum atomic E-state index is -0.0924. The summed E-state index contributed by atoms with van der Waals surface area (Å²) in [4.78, 5) is 15.6. The number of nitrogens with zero attached hydrogens (tertiary/aromatic N) is 1. The van der Waals surface area contributed by atoms with Crippen molar-refractivity contribution in [2.75, 3.05) is 25.5 Å². The van der Waals surface area contributed by atoms with Crippen molar-refractivity contribution < 1.29 is 9.53 Å². The van der Waals surface area contributed by atoms with Crippen LogP contribution in [0, 0.1) is 5.92 Å². The van der Waals surface area contributed by atoms with E-state index in [4.69, 9.17) is 10.5 Å². The lowest BCUT2D eigenvalue weighted by atomic mass is 10.0. The first-order chi connectivity index (χ1) is 8.75. The van der Waals surface area contributed by atoms with Crippen LogP contribution >= 0.6 is 0 Å². The second kappa shape index (κ2) is 6.35. The van der Waals surface area contributed by atoms with Crippen LogP contribution in [0.3, 0.4) is 0 Å². The van der Waals surface area contributed by atoms with E-state index < -0.39 is 0 Å². The third-order valence-electron chi connectivity index (χ3n) is 3.15. The fourth-order valence-corrected chi connectivity index (χ4v) is 2.05. The number of hydrogen-bond donors (Lipinski definition) is 2. The molecule has 98 valence electrons. The normalized spacial score (nSPS) is 18.8. The molecule has 0 aliphatic carbocycles. The molecule has 1 amide bonds. The van der Waals surface area contributed by atoms with Crippen molar-refractivity contribution in [3.8, 4) is 0 Å². The molecule has 0 saturated carbocycles. The maximum absolute atomic E-state index is 11.7. The Labute approximate surface area is 107 Å². The highest BCUT2D eigenvalue weighted by Gasteiger charge is 2.14. The summed E-state index contributed by atoms with van der Waals surface area (Å²) in [5, 5.41) is 2.88. The second-order valence-corrected chi connectivity index (χ2v) is 4.60. The highest BCUT2D eigenvalue weighted by atomic mass is 16.5. The molecule has 0 radical (unpaired) electrons. The summed E-state index contributed by atoms with van der Waals surface area (Å²) in [7, 11) is 0. The molecular formula is C13H19N3O2. The number of ether oxygens (including phenoxy) is 1. The molecule has 3 N–H and O–H groups in total. The standard InChI is InChI=1S/C13H19N3O2/c14-12-4-3-11(8-16-12)13(17)15-6-1-2-10-5-7-18-9-10/h3-4,8,10H,1-2,5-7,9H2,(H2,14,16)(H,15,17)/t10-/m0/s1. The van der Waals surface area contributed by atoms with E-state index in [2.05, 4.69) is 10.3 Å². The smallest absolute Gasteiger partial charge is 0.252 e. The zero-order chi connectivity index (χ0) is 12.8. The Balaban J connectivity index is 1.66. The number of nitrogens with one attached hydrogen (secondary N) is 1. The van der Waals surface area contributed by atoms with E-state index in [1.165, 1.54) is 6.20 Å². The van der Waals surface area contributed by atoms with Gasteiger partial charge in [-0.1, -0.05) is 0 Å². The van der Waals surface area contributed by atoms with Gasteiger partial charge in [0.05, 0.1) is 5.56 Å². The van der Waals surface area contributed by atoms with Gasteiger partial charge >= 0.3 is 0 Å². The van der Waals surface area contributed by atoms with Gasteiger partial charge in [0, 0.05) is 26.0 Å². The second-order valence-electron chi connectivity index (χ2n) is 4.60. The van der Waals surface area contributed by atoms with Gasteiger partial charge in [-0.3, -0.25) is 4.79 Å². The molecule has 2 heterocycles. The number of carbonyl (C=O) groups is 1. The molecule has 5 heteroatoms. The van der Waals surface area contributed by atoms with Crippen LogP contribution in [-0.4, -0.2) is 30.6 Å². The van der Waals surface area contributed by atoms with E-state index in [9.17, 15) is 4.79 Å². The molecule has 1 aromatic rings. The van der Waals surface area contributed by atoms with Crippen LogP contribution in [0.2, 0.25) is 0 Å². The zero-order valence-electron chi connectivity index (χ0n) is 10.4. The van der Waals surface area contributed by atoms with Gasteiger partial charge in [0.25, 0.3) is 5.91 Å². The summed E-state index contributed by atoms with van der Waals surface area (Å²) in [6.45, 7) is 2.45. The quantitative estimate of drug-likeness (QED) is 0.769. The van der Waals surface area contributed by atoms with Crippen molar-refractivity contribution in [3.63, 3.8) is 0 Å². The van der Waals surface area contributed by atoms with Gasteiger partial charge in [-0.25, -0.2) is 4.98 Å². The van der Waals surface area contributed by atoms with Gasteiger partial charge in [-0.2, -0.15) is 0 Å². The summed E-state index contributed by atoms with van der Waals surface area (Å²) in [6.07, 6.45) is 4.74. The molecule has 0 unspecified atom stereocenters. The van der Waals surface area contributed by atoms with Crippen LogP contribution in [0.25, 0.3) is 0 Å². The van der Waals surface area contributed by atoms with E-state index in [1.54, 1.807) is 12.1 Å². The summed E-state index contributed by atoms with van der Waals surface area (Å²) in [6, 6.07) is 3.31. The Bertz CT molecular complexity index is 386. The first-order valence-electron chi connectivity index (χ1n) is 6.33. The maximum Gasteiger partial charge on any atom is 0.252 e. The summed E-state index contributed by atoms with van der Waals surface area (Å²) >= 11 is 0. The van der Waals surface area contributed by atoms with Crippen LogP contribution in [0.5, 0.6) is 0 Å². The molecule has 5 nitrogen and oxygen atoms in total. The summed E-state index contributed by atoms with van der Waals surface area (Å²) < 4.78 is 5.31. The summed E-state index contributed by atoms with van der Waals surface area (Å²) in [5.41, 5.74) is 6.01. The molecule has 1 atom stereocenters. The number of anilines is 1. The molecule has 1 aromatic heterocycles. The third-order valence-corrected chi connectivity index (χ3v) is 3.15. The molecule has 0 spiro atoms. The van der Waals surface area contributed by atoms with Gasteiger partial charge in [0.2, 0.25) is 0 Å². The van der Waals surface area contributed by atoms with Crippen LogP contribution in [0.1, 0.15) is 29.6 Å². The maximum atomic E-state index is 11.7. The number of nitrogen functional groups attached to an aromatic ring is 1. The largest absolute Gasteiger partial charge is 0.384 e. The van der Waals surface area contributed by atoms with Crippen molar-refractivity contribution in [3.05, 3.63) is 23.9 Å². The van der Waals surface area contributed by atoms with Crippen LogP contribution in [-0.2, 0) is 4.74 Å². The Morgan fingerprint density at radius 1 is 1.56 bits per heavy atom. The lowest BCUT2D eigenvalue weighted by molar-refractivity contribution is 0.0952. The third kappa shape index (κ3) is 3.70. The minimum absolute atomic E-state index is 0.0924. The molecule has 0 bridgehead atoms. The van der Waals surface area contributed by atoms with Crippen molar-refractivity contribution in [1.82, 2.24) is 10.3 Å². The van der Waals surface area contributed by atoms with Gasteiger partial charge < -0.3 is 15.8 Å². The molecule has 1 aliphatic rings. The molecule has 1 aliphatic heterocycles. The van der Waals surface area contributed by atoms with E-state index in [0.29, 0.717) is 23.8 Å². The summed E-state index contributed by atoms with van der Waals surface area (Å²) in [5.74, 6) is 0.998. The average molecular weight is 249 g/mol. The van der Waals surface area contributed by atoms with Crippen molar-refractivity contribution in [2.24, 2.45) is 5.92 Å². The SMILES string of the molecule is Nc1ccc(C(=O)NCCC[C@H]2CCOC2)cn1. The van der Waals surface area contributed by atoms with Gasteiger partial charge in [-0.05, 0) is 37.3 Å². The Morgan fingerprint density at radius 2 is 2.44 bits per heavy atom. The molecule has 18 heavy (non-hydrogen) atoms. The number of nitrogens with two attached hydrogens (primary N) is 1. The number of hydrogen-bond acceptors (Lipinski definition) is 4. The number of amides is 1. The monoisotopic (exact) mass is 249 g/mol. The predicted molar refractivity (Wildman–Crippen MR) is 69.1 cm³/mol. The Kier molecular flexibility index (Phi) is 4.52. The van der Waals surface area contributed by atoms with Crippen molar-refractivity contribution >= 4 is 11.7 Å². The lowest BCUT2D eigenvalue weighted by Gasteiger charge is -2.08. The average Bonchev–Trinajstić information content (AvgIpc) is 2.88. The van der Waals surface area contributed by atoms with Crippen LogP contribution in [0.15, 0.2) is 18.3 Å². The molecule has 0 aromatic carbocycles.